The summed E-state index contributed by atoms with van der Waals surface area (Å²) in [5, 5.41) is 21.4. The van der Waals surface area contributed by atoms with Crippen molar-refractivity contribution >= 4 is 27.6 Å². The minimum atomic E-state index is -0.765. The molecular weight excluding hydrogens is 296 g/mol. The number of halogens is 1. The molecule has 4 nitrogen and oxygen atoms in total. The van der Waals surface area contributed by atoms with E-state index in [1.54, 1.807) is 12.1 Å². The Morgan fingerprint density at radius 3 is 2.94 bits per heavy atom. The van der Waals surface area contributed by atoms with E-state index in [9.17, 15) is 4.79 Å². The fraction of sp³-hybridized carbons (Fsp3) is 0.385. The maximum Gasteiger partial charge on any atom is 0.308 e. The van der Waals surface area contributed by atoms with Gasteiger partial charge in [0.25, 0.3) is 0 Å². The zero-order valence-corrected chi connectivity index (χ0v) is 11.3. The number of carboxylic acid groups (broad SMARTS) is 1. The topological polar surface area (TPSA) is 73.1 Å². The van der Waals surface area contributed by atoms with Gasteiger partial charge < -0.3 is 10.4 Å². The van der Waals surface area contributed by atoms with Crippen LogP contribution in [0.25, 0.3) is 0 Å². The number of anilines is 1. The van der Waals surface area contributed by atoms with Gasteiger partial charge in [0.05, 0.1) is 17.2 Å². The highest BCUT2D eigenvalue weighted by Crippen LogP contribution is 2.31. The molecule has 1 saturated carbocycles. The molecule has 1 aromatic carbocycles. The van der Waals surface area contributed by atoms with Gasteiger partial charge in [-0.2, -0.15) is 5.26 Å². The lowest BCUT2D eigenvalue weighted by Gasteiger charge is -2.19. The number of rotatable bonds is 3. The second kappa shape index (κ2) is 5.40. The lowest BCUT2D eigenvalue weighted by Crippen LogP contribution is -2.30. The number of nitrogens with zero attached hydrogens (tertiary/aromatic N) is 1. The quantitative estimate of drug-likeness (QED) is 0.900. The molecule has 0 saturated heterocycles. The number of hydrogen-bond donors (Lipinski definition) is 2. The van der Waals surface area contributed by atoms with E-state index in [-0.39, 0.29) is 12.0 Å². The highest BCUT2D eigenvalue weighted by molar-refractivity contribution is 9.10. The third kappa shape index (κ3) is 2.49. The monoisotopic (exact) mass is 308 g/mol. The number of nitriles is 1. The Hall–Kier alpha value is -1.54. The van der Waals surface area contributed by atoms with Crippen molar-refractivity contribution in [2.75, 3.05) is 5.32 Å². The SMILES string of the molecule is N#Cc1c(Br)cccc1NC1CCCC1C(=O)O. The average Bonchev–Trinajstić information content (AvgIpc) is 2.77. The first kappa shape index (κ1) is 12.9. The third-order valence-electron chi connectivity index (χ3n) is 3.30. The Kier molecular flexibility index (Phi) is 3.87. The highest BCUT2D eigenvalue weighted by atomic mass is 79.9. The predicted octanol–water partition coefficient (Wildman–Crippen LogP) is 2.99. The second-order valence-electron chi connectivity index (χ2n) is 4.40. The molecule has 0 aromatic heterocycles. The van der Waals surface area contributed by atoms with Crippen LogP contribution in [0, 0.1) is 17.2 Å². The van der Waals surface area contributed by atoms with Gasteiger partial charge in [0.2, 0.25) is 0 Å². The van der Waals surface area contributed by atoms with Crippen molar-refractivity contribution < 1.29 is 9.90 Å². The van der Waals surface area contributed by atoms with Gasteiger partial charge in [-0.1, -0.05) is 12.5 Å². The van der Waals surface area contributed by atoms with Crippen LogP contribution >= 0.6 is 15.9 Å². The largest absolute Gasteiger partial charge is 0.481 e. The van der Waals surface area contributed by atoms with Crippen LogP contribution in [0.15, 0.2) is 22.7 Å². The molecule has 1 aromatic rings. The first-order valence-electron chi connectivity index (χ1n) is 5.81. The van der Waals surface area contributed by atoms with Crippen LogP contribution in [0.4, 0.5) is 5.69 Å². The molecule has 0 heterocycles. The van der Waals surface area contributed by atoms with Gasteiger partial charge in [0.1, 0.15) is 6.07 Å². The molecule has 18 heavy (non-hydrogen) atoms. The summed E-state index contributed by atoms with van der Waals surface area (Å²) in [5.74, 6) is -1.13. The normalized spacial score (nSPS) is 22.4. The van der Waals surface area contributed by atoms with Crippen molar-refractivity contribution in [2.24, 2.45) is 5.92 Å². The van der Waals surface area contributed by atoms with Crippen LogP contribution in [-0.2, 0) is 4.79 Å². The summed E-state index contributed by atoms with van der Waals surface area (Å²) in [6.45, 7) is 0. The second-order valence-corrected chi connectivity index (χ2v) is 5.26. The number of benzene rings is 1. The molecule has 94 valence electrons. The maximum absolute atomic E-state index is 11.1. The van der Waals surface area contributed by atoms with Gasteiger partial charge in [0, 0.05) is 10.5 Å². The summed E-state index contributed by atoms with van der Waals surface area (Å²) in [6, 6.07) is 7.47. The smallest absolute Gasteiger partial charge is 0.308 e. The number of carboxylic acids is 1. The van der Waals surface area contributed by atoms with E-state index in [0.29, 0.717) is 17.7 Å². The molecule has 0 spiro atoms. The van der Waals surface area contributed by atoms with Crippen LogP contribution < -0.4 is 5.32 Å². The molecule has 1 fully saturated rings. The number of aliphatic carboxylic acids is 1. The number of nitrogens with one attached hydrogen (secondary N) is 1. The molecule has 2 rings (SSSR count). The Balaban J connectivity index is 2.22. The van der Waals surface area contributed by atoms with Crippen LogP contribution in [0.5, 0.6) is 0 Å². The van der Waals surface area contributed by atoms with Crippen molar-refractivity contribution in [3.8, 4) is 6.07 Å². The van der Waals surface area contributed by atoms with E-state index < -0.39 is 5.97 Å². The molecule has 1 aliphatic rings. The van der Waals surface area contributed by atoms with Gasteiger partial charge in [-0.25, -0.2) is 0 Å². The molecule has 0 bridgehead atoms. The van der Waals surface area contributed by atoms with Crippen molar-refractivity contribution in [1.82, 2.24) is 0 Å². The van der Waals surface area contributed by atoms with Gasteiger partial charge in [0.15, 0.2) is 0 Å². The van der Waals surface area contributed by atoms with E-state index in [2.05, 4.69) is 27.3 Å². The Morgan fingerprint density at radius 2 is 2.28 bits per heavy atom. The van der Waals surface area contributed by atoms with Crippen LogP contribution in [0.1, 0.15) is 24.8 Å². The predicted molar refractivity (Wildman–Crippen MR) is 71.2 cm³/mol. The third-order valence-corrected chi connectivity index (χ3v) is 3.96. The van der Waals surface area contributed by atoms with Gasteiger partial charge in [-0.3, -0.25) is 4.79 Å². The average molecular weight is 309 g/mol. The minimum absolute atomic E-state index is 0.0936. The van der Waals surface area contributed by atoms with Crippen molar-refractivity contribution in [3.05, 3.63) is 28.2 Å². The number of carbonyl (C=O) groups is 1. The maximum atomic E-state index is 11.1. The van der Waals surface area contributed by atoms with Crippen LogP contribution in [0.3, 0.4) is 0 Å². The van der Waals surface area contributed by atoms with E-state index in [1.165, 1.54) is 0 Å². The fourth-order valence-corrected chi connectivity index (χ4v) is 2.84. The van der Waals surface area contributed by atoms with Crippen molar-refractivity contribution in [3.63, 3.8) is 0 Å². The molecule has 0 radical (unpaired) electrons. The summed E-state index contributed by atoms with van der Waals surface area (Å²) in [5.41, 5.74) is 1.22. The zero-order valence-electron chi connectivity index (χ0n) is 9.69. The summed E-state index contributed by atoms with van der Waals surface area (Å²) in [7, 11) is 0. The molecule has 0 amide bonds. The molecule has 2 atom stereocenters. The van der Waals surface area contributed by atoms with Gasteiger partial charge in [-0.15, -0.1) is 0 Å². The summed E-state index contributed by atoms with van der Waals surface area (Å²) in [4.78, 5) is 11.1. The summed E-state index contributed by atoms with van der Waals surface area (Å²) in [6.07, 6.45) is 2.43. The van der Waals surface area contributed by atoms with E-state index in [1.807, 2.05) is 6.07 Å². The van der Waals surface area contributed by atoms with Gasteiger partial charge in [-0.05, 0) is 40.9 Å². The van der Waals surface area contributed by atoms with Crippen LogP contribution in [0.2, 0.25) is 0 Å². The first-order chi connectivity index (χ1) is 8.63. The standard InChI is InChI=1S/C13H13BrN2O2/c14-10-4-2-6-12(9(10)7-15)16-11-5-1-3-8(11)13(17)18/h2,4,6,8,11,16H,1,3,5H2,(H,17,18). The highest BCUT2D eigenvalue weighted by Gasteiger charge is 2.33. The van der Waals surface area contributed by atoms with E-state index in [0.717, 1.165) is 17.3 Å². The lowest BCUT2D eigenvalue weighted by molar-refractivity contribution is -0.141. The lowest BCUT2D eigenvalue weighted by atomic mass is 10.0. The Labute approximate surface area is 114 Å². The van der Waals surface area contributed by atoms with Crippen molar-refractivity contribution in [1.29, 1.82) is 5.26 Å². The van der Waals surface area contributed by atoms with Crippen LogP contribution in [-0.4, -0.2) is 17.1 Å². The summed E-state index contributed by atoms with van der Waals surface area (Å²) < 4.78 is 0.722. The zero-order chi connectivity index (χ0) is 13.1. The van der Waals surface area contributed by atoms with Gasteiger partial charge >= 0.3 is 5.97 Å². The Morgan fingerprint density at radius 1 is 1.50 bits per heavy atom. The first-order valence-corrected chi connectivity index (χ1v) is 6.60. The molecule has 2 N–H and O–H groups in total. The van der Waals surface area contributed by atoms with Crippen molar-refractivity contribution in [2.45, 2.75) is 25.3 Å². The summed E-state index contributed by atoms with van der Waals surface area (Å²) >= 11 is 3.32. The molecule has 1 aliphatic carbocycles. The molecular formula is C13H13BrN2O2. The van der Waals surface area contributed by atoms with E-state index >= 15 is 0 Å². The van der Waals surface area contributed by atoms with E-state index in [4.69, 9.17) is 10.4 Å². The number of hydrogen-bond acceptors (Lipinski definition) is 3. The fourth-order valence-electron chi connectivity index (χ4n) is 2.39. The molecule has 5 heteroatoms. The molecule has 0 aliphatic heterocycles. The molecule has 2 unspecified atom stereocenters. The Bertz CT molecular complexity index is 510. The minimum Gasteiger partial charge on any atom is -0.481 e.